The Kier molecular flexibility index (Phi) is 13.0. The second-order valence-electron chi connectivity index (χ2n) is 14.3. The van der Waals surface area contributed by atoms with Crippen molar-refractivity contribution in [1.29, 1.82) is 0 Å². The van der Waals surface area contributed by atoms with Crippen molar-refractivity contribution in [3.63, 3.8) is 0 Å². The number of aliphatic hydroxyl groups is 6. The number of rotatable bonds is 12. The lowest BCUT2D eigenvalue weighted by molar-refractivity contribution is -0.237. The molecule has 6 heterocycles. The highest BCUT2D eigenvalue weighted by Crippen LogP contribution is 2.38. The van der Waals surface area contributed by atoms with Crippen LogP contribution in [0.25, 0.3) is 21.3 Å². The van der Waals surface area contributed by atoms with E-state index in [0.29, 0.717) is 56.7 Å². The maximum absolute atomic E-state index is 12.8. The predicted octanol–water partition coefficient (Wildman–Crippen LogP) is 5.51. The topological polar surface area (TPSA) is 227 Å². The van der Waals surface area contributed by atoms with Gasteiger partial charge in [0.05, 0.1) is 32.3 Å². The predicted molar refractivity (Wildman–Crippen MR) is 217 cm³/mol. The molecule has 60 heavy (non-hydrogen) atoms. The number of furan rings is 2. The molecule has 0 spiro atoms. The number of carbonyl (C=O) groups is 1. The van der Waals surface area contributed by atoms with Crippen molar-refractivity contribution < 1.29 is 63.2 Å². The van der Waals surface area contributed by atoms with Crippen molar-refractivity contribution in [1.82, 2.24) is 9.97 Å². The fourth-order valence-corrected chi connectivity index (χ4v) is 9.25. The Bertz CT molecular complexity index is 2210. The molecule has 6 aromatic rings. The normalized spacial score (nSPS) is 26.9. The lowest BCUT2D eigenvalue weighted by atomic mass is 9.90. The molecule has 8 rings (SSSR count). The van der Waals surface area contributed by atoms with Gasteiger partial charge in [-0.25, -0.2) is 14.8 Å². The van der Waals surface area contributed by atoms with Gasteiger partial charge >= 0.3 is 6.16 Å². The van der Waals surface area contributed by atoms with Gasteiger partial charge in [-0.1, -0.05) is 47.5 Å². The summed E-state index contributed by atoms with van der Waals surface area (Å²) in [5.41, 5.74) is 2.22. The van der Waals surface area contributed by atoms with E-state index in [9.17, 15) is 35.4 Å². The number of nitrogens with zero attached hydrogens (tertiary/aromatic N) is 2. The first-order valence-electron chi connectivity index (χ1n) is 18.7. The summed E-state index contributed by atoms with van der Waals surface area (Å²) < 4.78 is 33.3. The Morgan fingerprint density at radius 1 is 0.617 bits per heavy atom. The molecule has 6 N–H and O–H groups in total. The lowest BCUT2D eigenvalue weighted by Gasteiger charge is -2.41. The molecule has 0 unspecified atom stereocenters. The Hall–Kier alpha value is -4.21. The van der Waals surface area contributed by atoms with E-state index in [1.807, 2.05) is 12.1 Å². The number of hydrogen-bond acceptors (Lipinski definition) is 17. The molecule has 2 aliphatic heterocycles. The zero-order chi connectivity index (χ0) is 42.1. The van der Waals surface area contributed by atoms with E-state index in [1.54, 1.807) is 73.5 Å². The number of ether oxygens (including phenoxy) is 4. The van der Waals surface area contributed by atoms with Gasteiger partial charge in [0, 0.05) is 35.3 Å². The number of aromatic nitrogens is 2. The Morgan fingerprint density at radius 2 is 1.05 bits per heavy atom. The van der Waals surface area contributed by atoms with Crippen LogP contribution in [-0.2, 0) is 31.8 Å². The smallest absolute Gasteiger partial charge is 0.463 e. The third-order valence-corrected chi connectivity index (χ3v) is 13.0. The van der Waals surface area contributed by atoms with Gasteiger partial charge in [0.25, 0.3) is 0 Å². The SMILES string of the molecule is O=C(OC[C@H]1O[C@@H](c2ccc(Cl)c(Cc3ncc(-c4ccco4)s3)c2)[C@H](O)[C@H](O)[C@H]1O)OC[C@H]1O[C@@H](c2ccc(Cl)c(Cc3ncc(-c4ccco4)s3)c2)[C@H](O)[C@H](O)[C@H]1O. The first-order valence-corrected chi connectivity index (χ1v) is 21.0. The summed E-state index contributed by atoms with van der Waals surface area (Å²) in [6.07, 6.45) is -8.62. The van der Waals surface area contributed by atoms with E-state index in [0.717, 1.165) is 19.8 Å². The van der Waals surface area contributed by atoms with E-state index in [1.165, 1.54) is 22.7 Å². The summed E-state index contributed by atoms with van der Waals surface area (Å²) in [7, 11) is 0. The number of halogens is 2. The molecule has 0 radical (unpaired) electrons. The number of carbonyl (C=O) groups excluding carboxylic acids is 1. The summed E-state index contributed by atoms with van der Waals surface area (Å²) in [5, 5.41) is 67.3. The van der Waals surface area contributed by atoms with E-state index in [-0.39, 0.29) is 0 Å². The summed E-state index contributed by atoms with van der Waals surface area (Å²) in [5.74, 6) is 1.37. The van der Waals surface area contributed by atoms with Crippen LogP contribution in [0.1, 0.15) is 44.5 Å². The molecule has 4 aromatic heterocycles. The molecule has 19 heteroatoms. The highest BCUT2D eigenvalue weighted by atomic mass is 35.5. The van der Waals surface area contributed by atoms with Crippen molar-refractivity contribution in [2.45, 2.75) is 73.9 Å². The van der Waals surface area contributed by atoms with Gasteiger partial charge in [0.2, 0.25) is 0 Å². The Balaban J connectivity index is 0.879. The third kappa shape index (κ3) is 9.18. The van der Waals surface area contributed by atoms with E-state index < -0.39 is 80.4 Å². The standard InChI is InChI=1S/C41H38Cl2N2O13S2/c42-23-7-5-19(11-21(23)13-31-44-15-29(59-31)25-3-1-9-53-25)39-37(50)35(48)33(46)27(57-39)17-55-41(52)56-18-28-34(47)36(49)38(51)40(58-28)20-6-8-24(43)22(12-20)14-32-45-16-30(60-32)26-4-2-10-54-26/h1-12,15-16,27-28,33-40,46-51H,13-14,17-18H2/t27-,28-,33+,34+,35-,36-,37-,38-,39+,40+/m1/s1. The average molecular weight is 902 g/mol. The molecule has 15 nitrogen and oxygen atoms in total. The second kappa shape index (κ2) is 18.4. The van der Waals surface area contributed by atoms with Crippen LogP contribution in [0.3, 0.4) is 0 Å². The minimum Gasteiger partial charge on any atom is -0.463 e. The van der Waals surface area contributed by atoms with E-state index in [2.05, 4.69) is 9.97 Å². The van der Waals surface area contributed by atoms with Crippen molar-refractivity contribution in [2.75, 3.05) is 13.2 Å². The summed E-state index contributed by atoms with van der Waals surface area (Å²) >= 11 is 15.9. The molecule has 0 amide bonds. The van der Waals surface area contributed by atoms with Crippen LogP contribution in [0.5, 0.6) is 0 Å². The molecule has 2 aliphatic rings. The lowest BCUT2D eigenvalue weighted by Crippen LogP contribution is -2.56. The molecule has 10 atom stereocenters. The Labute approximate surface area is 359 Å². The van der Waals surface area contributed by atoms with E-state index in [4.69, 9.17) is 51.0 Å². The van der Waals surface area contributed by atoms with Crippen LogP contribution >= 0.6 is 45.9 Å². The van der Waals surface area contributed by atoms with E-state index >= 15 is 0 Å². The highest BCUT2D eigenvalue weighted by Gasteiger charge is 2.46. The monoisotopic (exact) mass is 900 g/mol. The zero-order valence-corrected chi connectivity index (χ0v) is 34.3. The summed E-state index contributed by atoms with van der Waals surface area (Å²) in [6.45, 7) is -1.19. The largest absolute Gasteiger partial charge is 0.508 e. The fourth-order valence-electron chi connectivity index (χ4n) is 7.06. The minimum absolute atomic E-state index is 0.350. The van der Waals surface area contributed by atoms with Crippen molar-refractivity contribution in [3.05, 3.63) is 128 Å². The number of benzene rings is 2. The average Bonchev–Trinajstić information content (AvgIpc) is 4.09. The van der Waals surface area contributed by atoms with Gasteiger partial charge < -0.3 is 58.4 Å². The summed E-state index contributed by atoms with van der Waals surface area (Å²) in [6, 6.07) is 17.1. The maximum Gasteiger partial charge on any atom is 0.508 e. The quantitative estimate of drug-likeness (QED) is 0.0833. The van der Waals surface area contributed by atoms with Gasteiger partial charge in [-0.05, 0) is 58.7 Å². The van der Waals surface area contributed by atoms with Gasteiger partial charge in [-0.3, -0.25) is 0 Å². The molecular formula is C41H38Cl2N2O13S2. The van der Waals surface area contributed by atoms with Crippen molar-refractivity contribution in [3.8, 4) is 21.3 Å². The molecule has 0 aliphatic carbocycles. The minimum atomic E-state index is -1.67. The second-order valence-corrected chi connectivity index (χ2v) is 17.3. The summed E-state index contributed by atoms with van der Waals surface area (Å²) in [4.78, 5) is 23.4. The van der Waals surface area contributed by atoms with Gasteiger partial charge in [0.15, 0.2) is 0 Å². The van der Waals surface area contributed by atoms with Crippen molar-refractivity contribution >= 4 is 52.0 Å². The van der Waals surface area contributed by atoms with Gasteiger partial charge in [-0.2, -0.15) is 0 Å². The van der Waals surface area contributed by atoms with Gasteiger partial charge in [-0.15, -0.1) is 22.7 Å². The van der Waals surface area contributed by atoms with Crippen LogP contribution in [0.4, 0.5) is 4.79 Å². The highest BCUT2D eigenvalue weighted by molar-refractivity contribution is 7.15. The zero-order valence-electron chi connectivity index (χ0n) is 31.2. The number of thiazole rings is 2. The third-order valence-electron chi connectivity index (χ3n) is 10.3. The molecule has 0 bridgehead atoms. The number of hydrogen-bond donors (Lipinski definition) is 6. The van der Waals surface area contributed by atoms with Crippen molar-refractivity contribution in [2.24, 2.45) is 0 Å². The molecule has 2 aromatic carbocycles. The first-order chi connectivity index (χ1) is 28.9. The molecular weight excluding hydrogens is 863 g/mol. The number of aliphatic hydroxyl groups excluding tert-OH is 6. The van der Waals surface area contributed by atoms with Crippen LogP contribution in [-0.4, -0.2) is 109 Å². The van der Waals surface area contributed by atoms with Crippen LogP contribution in [0, 0.1) is 0 Å². The molecule has 316 valence electrons. The Morgan fingerprint density at radius 3 is 1.45 bits per heavy atom. The maximum atomic E-state index is 12.8. The van der Waals surface area contributed by atoms with Gasteiger partial charge in [0.1, 0.15) is 85.8 Å². The molecule has 0 saturated carbocycles. The van der Waals surface area contributed by atoms with Crippen LogP contribution in [0.15, 0.2) is 94.4 Å². The van der Waals surface area contributed by atoms with Crippen LogP contribution < -0.4 is 0 Å². The van der Waals surface area contributed by atoms with Crippen LogP contribution in [0.2, 0.25) is 10.0 Å². The fraction of sp³-hybridized carbons (Fsp3) is 0.341. The molecule has 2 fully saturated rings. The first kappa shape index (κ1) is 42.5. The molecule has 2 saturated heterocycles.